The van der Waals surface area contributed by atoms with Crippen LogP contribution in [0.3, 0.4) is 0 Å². The third kappa shape index (κ3) is 1.54. The maximum atomic E-state index is 10.8. The fourth-order valence-electron chi connectivity index (χ4n) is 2.80. The lowest BCUT2D eigenvalue weighted by Crippen LogP contribution is -2.51. The van der Waals surface area contributed by atoms with E-state index in [4.69, 9.17) is 5.11 Å². The number of aliphatic carboxylic acids is 1. The van der Waals surface area contributed by atoms with Gasteiger partial charge in [-0.2, -0.15) is 0 Å². The Morgan fingerprint density at radius 2 is 2.14 bits per heavy atom. The first-order valence-electron chi connectivity index (χ1n) is 5.47. The van der Waals surface area contributed by atoms with E-state index in [1.165, 1.54) is 12.8 Å². The van der Waals surface area contributed by atoms with Gasteiger partial charge in [-0.15, -0.1) is 0 Å². The van der Waals surface area contributed by atoms with E-state index in [1.54, 1.807) is 0 Å². The lowest BCUT2D eigenvalue weighted by atomic mass is 9.66. The summed E-state index contributed by atoms with van der Waals surface area (Å²) in [6.07, 6.45) is 3.37. The van der Waals surface area contributed by atoms with Gasteiger partial charge < -0.3 is 5.11 Å². The second-order valence-electron chi connectivity index (χ2n) is 5.36. The maximum Gasteiger partial charge on any atom is 0.307 e. The zero-order chi connectivity index (χ0) is 10.3. The summed E-state index contributed by atoms with van der Waals surface area (Å²) >= 11 is 0. The van der Waals surface area contributed by atoms with Gasteiger partial charge in [0.25, 0.3) is 0 Å². The highest BCUT2D eigenvalue weighted by Gasteiger charge is 2.44. The van der Waals surface area contributed by atoms with Gasteiger partial charge in [0.2, 0.25) is 0 Å². The van der Waals surface area contributed by atoms with Crippen molar-refractivity contribution in [3.05, 3.63) is 0 Å². The Hall–Kier alpha value is -0.570. The molecule has 0 aromatic heterocycles. The predicted octanol–water partition coefficient (Wildman–Crippen LogP) is 1.58. The van der Waals surface area contributed by atoms with Gasteiger partial charge in [0.15, 0.2) is 0 Å². The first-order chi connectivity index (χ1) is 6.50. The molecule has 2 rings (SSSR count). The van der Waals surface area contributed by atoms with E-state index < -0.39 is 5.97 Å². The second-order valence-corrected chi connectivity index (χ2v) is 5.36. The summed E-state index contributed by atoms with van der Waals surface area (Å²) in [7, 11) is 0. The Labute approximate surface area is 85.1 Å². The van der Waals surface area contributed by atoms with Gasteiger partial charge >= 0.3 is 5.97 Å². The maximum absolute atomic E-state index is 10.8. The number of hydrogen-bond acceptors (Lipinski definition) is 2. The van der Waals surface area contributed by atoms with Crippen molar-refractivity contribution < 1.29 is 9.90 Å². The van der Waals surface area contributed by atoms with Crippen molar-refractivity contribution in [2.75, 3.05) is 13.1 Å². The van der Waals surface area contributed by atoms with E-state index in [0.29, 0.717) is 11.5 Å². The highest BCUT2D eigenvalue weighted by Crippen LogP contribution is 2.44. The van der Waals surface area contributed by atoms with Crippen molar-refractivity contribution in [3.8, 4) is 0 Å². The lowest BCUT2D eigenvalue weighted by Gasteiger charge is -2.49. The van der Waals surface area contributed by atoms with E-state index >= 15 is 0 Å². The molecule has 1 aliphatic carbocycles. The molecule has 80 valence electrons. The van der Waals surface area contributed by atoms with Crippen LogP contribution in [0.4, 0.5) is 0 Å². The molecule has 1 saturated carbocycles. The molecule has 2 fully saturated rings. The zero-order valence-corrected chi connectivity index (χ0v) is 8.99. The summed E-state index contributed by atoms with van der Waals surface area (Å²) in [5, 5.41) is 8.91. The van der Waals surface area contributed by atoms with Crippen LogP contribution in [0.25, 0.3) is 0 Å². The molecule has 1 heterocycles. The predicted molar refractivity (Wildman–Crippen MR) is 54.1 cm³/mol. The number of hydrogen-bond donors (Lipinski definition) is 1. The number of carboxylic acid groups (broad SMARTS) is 1. The van der Waals surface area contributed by atoms with E-state index in [-0.39, 0.29) is 5.92 Å². The Morgan fingerprint density at radius 3 is 2.50 bits per heavy atom. The molecule has 0 aromatic rings. The smallest absolute Gasteiger partial charge is 0.307 e. The summed E-state index contributed by atoms with van der Waals surface area (Å²) in [5.41, 5.74) is 0.410. The summed E-state index contributed by atoms with van der Waals surface area (Å²) in [6, 6.07) is 0.631. The fourth-order valence-corrected chi connectivity index (χ4v) is 2.80. The van der Waals surface area contributed by atoms with Crippen molar-refractivity contribution in [1.82, 2.24) is 4.90 Å². The Balaban J connectivity index is 1.93. The standard InChI is InChI=1S/C11H19NO2/c1-11(2)5-3-9(11)12-6-4-8(7-12)10(13)14/h8-9H,3-7H2,1-2H3,(H,13,14). The Bertz CT molecular complexity index is 250. The molecular weight excluding hydrogens is 178 g/mol. The highest BCUT2D eigenvalue weighted by molar-refractivity contribution is 5.70. The Morgan fingerprint density at radius 1 is 1.43 bits per heavy atom. The van der Waals surface area contributed by atoms with Crippen LogP contribution < -0.4 is 0 Å². The van der Waals surface area contributed by atoms with Crippen molar-refractivity contribution in [3.63, 3.8) is 0 Å². The monoisotopic (exact) mass is 197 g/mol. The molecule has 1 N–H and O–H groups in total. The van der Waals surface area contributed by atoms with Gasteiger partial charge in [-0.1, -0.05) is 13.8 Å². The minimum absolute atomic E-state index is 0.119. The number of likely N-dealkylation sites (tertiary alicyclic amines) is 1. The van der Waals surface area contributed by atoms with Gasteiger partial charge in [0.05, 0.1) is 5.92 Å². The van der Waals surface area contributed by atoms with Gasteiger partial charge in [-0.25, -0.2) is 0 Å². The summed E-state index contributed by atoms with van der Waals surface area (Å²) in [4.78, 5) is 13.2. The van der Waals surface area contributed by atoms with Crippen LogP contribution in [-0.4, -0.2) is 35.1 Å². The molecule has 0 spiro atoms. The van der Waals surface area contributed by atoms with Crippen molar-refractivity contribution in [2.24, 2.45) is 11.3 Å². The van der Waals surface area contributed by atoms with Crippen molar-refractivity contribution in [1.29, 1.82) is 0 Å². The lowest BCUT2D eigenvalue weighted by molar-refractivity contribution is -0.141. The molecule has 1 aliphatic heterocycles. The van der Waals surface area contributed by atoms with E-state index in [1.807, 2.05) is 0 Å². The summed E-state index contributed by atoms with van der Waals surface area (Å²) < 4.78 is 0. The second kappa shape index (κ2) is 3.23. The molecule has 3 nitrogen and oxygen atoms in total. The van der Waals surface area contributed by atoms with Crippen LogP contribution in [-0.2, 0) is 4.79 Å². The zero-order valence-electron chi connectivity index (χ0n) is 8.99. The minimum Gasteiger partial charge on any atom is -0.481 e. The number of carboxylic acids is 1. The van der Waals surface area contributed by atoms with E-state index in [9.17, 15) is 4.79 Å². The molecule has 0 aromatic carbocycles. The van der Waals surface area contributed by atoms with Gasteiger partial charge in [-0.05, 0) is 31.2 Å². The van der Waals surface area contributed by atoms with E-state index in [0.717, 1.165) is 19.5 Å². The molecule has 0 amide bonds. The SMILES string of the molecule is CC1(C)CCC1N1CCC(C(=O)O)C1. The fraction of sp³-hybridized carbons (Fsp3) is 0.909. The first-order valence-corrected chi connectivity index (χ1v) is 5.47. The van der Waals surface area contributed by atoms with Crippen LogP contribution >= 0.6 is 0 Å². The van der Waals surface area contributed by atoms with E-state index in [2.05, 4.69) is 18.7 Å². The first kappa shape index (κ1) is 9.97. The summed E-state index contributed by atoms with van der Waals surface area (Å²) in [6.45, 7) is 6.32. The van der Waals surface area contributed by atoms with Crippen LogP contribution in [0.5, 0.6) is 0 Å². The molecule has 14 heavy (non-hydrogen) atoms. The van der Waals surface area contributed by atoms with Gasteiger partial charge in [-0.3, -0.25) is 9.69 Å². The van der Waals surface area contributed by atoms with Crippen LogP contribution in [0, 0.1) is 11.3 Å². The average molecular weight is 197 g/mol. The molecule has 2 aliphatic rings. The quantitative estimate of drug-likeness (QED) is 0.730. The molecule has 0 bridgehead atoms. The minimum atomic E-state index is -0.621. The van der Waals surface area contributed by atoms with Crippen molar-refractivity contribution in [2.45, 2.75) is 39.2 Å². The third-order valence-corrected chi connectivity index (χ3v) is 3.97. The molecule has 2 unspecified atom stereocenters. The molecule has 1 saturated heterocycles. The number of carbonyl (C=O) groups is 1. The molecule has 0 radical (unpaired) electrons. The third-order valence-electron chi connectivity index (χ3n) is 3.97. The van der Waals surface area contributed by atoms with Gasteiger partial charge in [0.1, 0.15) is 0 Å². The molecular formula is C11H19NO2. The number of rotatable bonds is 2. The van der Waals surface area contributed by atoms with Crippen LogP contribution in [0.1, 0.15) is 33.1 Å². The molecule has 3 heteroatoms. The highest BCUT2D eigenvalue weighted by atomic mass is 16.4. The van der Waals surface area contributed by atoms with Crippen LogP contribution in [0.15, 0.2) is 0 Å². The topological polar surface area (TPSA) is 40.5 Å². The van der Waals surface area contributed by atoms with Crippen LogP contribution in [0.2, 0.25) is 0 Å². The number of nitrogens with zero attached hydrogens (tertiary/aromatic N) is 1. The summed E-state index contributed by atoms with van der Waals surface area (Å²) in [5.74, 6) is -0.740. The molecule has 2 atom stereocenters. The Kier molecular flexibility index (Phi) is 2.30. The normalized spacial score (nSPS) is 36.7. The average Bonchev–Trinajstić information content (AvgIpc) is 2.51. The van der Waals surface area contributed by atoms with Gasteiger partial charge in [0, 0.05) is 12.6 Å². The largest absolute Gasteiger partial charge is 0.481 e. The van der Waals surface area contributed by atoms with Crippen molar-refractivity contribution >= 4 is 5.97 Å².